The Labute approximate surface area is 530 Å². The maximum absolute atomic E-state index is 12.5. The lowest BCUT2D eigenvalue weighted by Crippen LogP contribution is -3.12. The number of aliphatic hydroxyl groups excluding tert-OH is 1. The fourth-order valence-electron chi connectivity index (χ4n) is 34.5. The van der Waals surface area contributed by atoms with Crippen molar-refractivity contribution in [3.8, 4) is 0 Å². The third-order valence-corrected chi connectivity index (χ3v) is 34.7. The van der Waals surface area contributed by atoms with Crippen LogP contribution in [0.1, 0.15) is 89.5 Å². The van der Waals surface area contributed by atoms with Crippen LogP contribution in [0.25, 0.3) is 5.53 Å². The summed E-state index contributed by atoms with van der Waals surface area (Å²) in [6.45, 7) is 23.0. The van der Waals surface area contributed by atoms with E-state index >= 15 is 0 Å². The molecular weight excluding hydrogens is 1180 g/mol. The number of ketones is 1. The zero-order valence-electron chi connectivity index (χ0n) is 54.5. The highest BCUT2D eigenvalue weighted by Crippen LogP contribution is 3.14. The van der Waals surface area contributed by atoms with Crippen LogP contribution in [0.2, 0.25) is 0 Å². The standard InChI is InChI=1S/C16H20O4.C15H16N2O3.C15H20O4.C14H16O4.C11H10O4/c1-14(2,3)20-13(18)16-10-7-11(16)9-12(16)8(10)15(7,9)5-6(17)19-4;1-13(2,3)20-12(19)15-9-6-10(15)8-11(15)7(9)14(6,8)5(18)4-17-16;1-13(2,3)19-12(17)15-8-5-9(15)7-10(15)6(8)14(5,7)11(16)18-4;1-12(2,3)18-11(17)14-7-4-8(14)6-9(14)5(7)13(4,6)10(15)16;1-15-9(14)11-5-2-6(11)4-7(11)3(5)10(2,4)8(12)13/h7-12H,5H2,1-4H3;4,6-11H,1-3H3;5-11,16H,1-4H3;4-9H,1-3H3,(H,15,16);2-7H,1H3,(H,12,13). The number of hydrogen-bond acceptors (Lipinski definition) is 17. The summed E-state index contributed by atoms with van der Waals surface area (Å²) in [4.78, 5) is 111. The van der Waals surface area contributed by atoms with Crippen molar-refractivity contribution >= 4 is 59.8 Å². The quantitative estimate of drug-likeness (QED) is 0.0560. The van der Waals surface area contributed by atoms with Gasteiger partial charge >= 0.3 is 54.0 Å². The molecule has 0 aromatic heterocycles. The SMILES string of the molecule is CC(C)(C)OC(=O)C12C3C4C1C1C2C3C41C(=O)C=[N+]=[N-].CC(C)(C)OC(=O)C12C3C4C1C1C2C3C41C(=O)O.COC(=O)C12C3C4C1C1C2C3C41C(=O)O.COC(=O)CC12C3C4C1C1C2C3C41C(=O)OC(C)(C)C.COC(O)C12C3C4C1C1C2C3C41C(=O)OC(C)(C)C. The average molecular weight is 1270 g/mol. The predicted octanol–water partition coefficient (Wildman–Crippen LogP) is 4.73. The van der Waals surface area contributed by atoms with Crippen molar-refractivity contribution < 1.29 is 96.4 Å². The van der Waals surface area contributed by atoms with E-state index in [2.05, 4.69) is 4.79 Å². The Balaban J connectivity index is 0.0000000777. The van der Waals surface area contributed by atoms with Crippen LogP contribution < -0.4 is 0 Å². The summed E-state index contributed by atoms with van der Waals surface area (Å²) < 4.78 is 37.3. The maximum Gasteiger partial charge on any atom is 0.323 e. The maximum atomic E-state index is 12.5. The predicted molar refractivity (Wildman–Crippen MR) is 304 cm³/mol. The Kier molecular flexibility index (Phi) is 8.59. The largest absolute Gasteiger partial charge is 0.481 e. The van der Waals surface area contributed by atoms with Crippen molar-refractivity contribution in [1.29, 1.82) is 0 Å². The number of esters is 6. The fourth-order valence-corrected chi connectivity index (χ4v) is 34.5. The third-order valence-electron chi connectivity index (χ3n) is 34.7. The third kappa shape index (κ3) is 4.06. The van der Waals surface area contributed by atoms with Gasteiger partial charge in [0.2, 0.25) is 5.78 Å². The Morgan fingerprint density at radius 3 is 0.848 bits per heavy atom. The second kappa shape index (κ2) is 14.1. The monoisotopic (exact) mass is 1270 g/mol. The molecule has 3 N–H and O–H groups in total. The molecule has 0 bridgehead atoms. The molecule has 0 heterocycles. The molecule has 1 atom stereocenters. The molecule has 1 unspecified atom stereocenters. The Morgan fingerprint density at radius 1 is 0.380 bits per heavy atom. The molecule has 0 aromatic rings. The molecule has 30 saturated carbocycles. The number of carbonyl (C=O) groups is 9. The number of aliphatic carboxylic acids is 2. The Hall–Kier alpha value is -5.27. The van der Waals surface area contributed by atoms with Crippen LogP contribution in [-0.2, 0) is 76.3 Å². The number of hydrogen-bond donors (Lipinski definition) is 3. The van der Waals surface area contributed by atoms with Gasteiger partial charge in [0.25, 0.3) is 0 Å². The van der Waals surface area contributed by atoms with E-state index in [1.165, 1.54) is 14.2 Å². The van der Waals surface area contributed by atoms with E-state index in [-0.39, 0.29) is 95.7 Å². The van der Waals surface area contributed by atoms with Gasteiger partial charge in [-0.05, 0) is 266 Å². The lowest BCUT2D eigenvalue weighted by molar-refractivity contribution is -0.665. The van der Waals surface area contributed by atoms with E-state index < -0.39 is 40.6 Å². The highest BCUT2D eigenvalue weighted by molar-refractivity contribution is 6.30. The number of nitrogens with zero attached hydrogens (tertiary/aromatic N) is 2. The summed E-state index contributed by atoms with van der Waals surface area (Å²) in [6, 6.07) is 0. The minimum Gasteiger partial charge on any atom is -0.481 e. The molecule has 30 aliphatic carbocycles. The molecule has 0 aliphatic heterocycles. The van der Waals surface area contributed by atoms with Gasteiger partial charge in [0.15, 0.2) is 6.29 Å². The summed E-state index contributed by atoms with van der Waals surface area (Å²) in [5.74, 6) is 11.4. The van der Waals surface area contributed by atoms with E-state index in [4.69, 9.17) is 38.7 Å². The summed E-state index contributed by atoms with van der Waals surface area (Å²) >= 11 is 0. The van der Waals surface area contributed by atoms with Crippen molar-refractivity contribution in [2.24, 2.45) is 232 Å². The summed E-state index contributed by atoms with van der Waals surface area (Å²) in [5.41, 5.74) is 5.28. The molecular formula is C71H82N2O19. The molecule has 0 aromatic carbocycles. The lowest BCUT2D eigenvalue weighted by Gasteiger charge is -3.10. The first-order valence-corrected chi connectivity index (χ1v) is 34.4. The molecule has 0 amide bonds. The molecule has 490 valence electrons. The number of carbonyl (C=O) groups excluding carboxylic acids is 7. The first-order valence-electron chi connectivity index (χ1n) is 34.4. The number of aliphatic hydroxyl groups is 1. The second-order valence-corrected chi connectivity index (χ2v) is 38.4. The molecule has 0 saturated heterocycles. The van der Waals surface area contributed by atoms with Crippen LogP contribution in [0.5, 0.6) is 0 Å². The average Bonchev–Trinajstić information content (AvgIpc) is 0.582. The highest BCUT2D eigenvalue weighted by atomic mass is 16.6. The summed E-state index contributed by atoms with van der Waals surface area (Å²) in [7, 11) is 4.48. The Morgan fingerprint density at radius 2 is 0.620 bits per heavy atom. The molecule has 21 heteroatoms. The number of methoxy groups -OCH3 is 3. The van der Waals surface area contributed by atoms with E-state index in [1.54, 1.807) is 7.11 Å². The highest BCUT2D eigenvalue weighted by Gasteiger charge is 3.17. The van der Waals surface area contributed by atoms with Crippen molar-refractivity contribution in [1.82, 2.24) is 0 Å². The molecule has 0 radical (unpaired) electrons. The number of carboxylic acid groups (broad SMARTS) is 2. The van der Waals surface area contributed by atoms with Gasteiger partial charge in [-0.2, -0.15) is 4.79 Å². The minimum absolute atomic E-state index is 0.0266. The van der Waals surface area contributed by atoms with Gasteiger partial charge in [-0.3, -0.25) is 43.2 Å². The van der Waals surface area contributed by atoms with Gasteiger partial charge in [-0.15, -0.1) is 0 Å². The fraction of sp³-hybridized carbons (Fsp3) is 0.859. The molecule has 30 rings (SSSR count). The molecule has 30 fully saturated rings. The van der Waals surface area contributed by atoms with E-state index in [1.807, 2.05) is 83.1 Å². The van der Waals surface area contributed by atoms with Crippen LogP contribution in [0.3, 0.4) is 0 Å². The van der Waals surface area contributed by atoms with Gasteiger partial charge < -0.3 is 54.0 Å². The molecule has 0 spiro atoms. The Bertz CT molecular complexity index is 3630. The molecule has 21 nitrogen and oxygen atoms in total. The van der Waals surface area contributed by atoms with Crippen LogP contribution in [0.4, 0.5) is 0 Å². The van der Waals surface area contributed by atoms with E-state index in [0.717, 1.165) is 6.21 Å². The number of carboxylic acids is 2. The first kappa shape index (κ1) is 56.0. The van der Waals surface area contributed by atoms with Crippen molar-refractivity contribution in [3.63, 3.8) is 0 Å². The van der Waals surface area contributed by atoms with Gasteiger partial charge in [-0.25, -0.2) is 0 Å². The van der Waals surface area contributed by atoms with Crippen molar-refractivity contribution in [3.05, 3.63) is 5.53 Å². The summed E-state index contributed by atoms with van der Waals surface area (Å²) in [6.07, 6.45) is 1.02. The lowest BCUT2D eigenvalue weighted by atomic mass is 8.92. The molecule has 30 aliphatic rings. The van der Waals surface area contributed by atoms with Gasteiger partial charge in [0.05, 0.1) is 64.0 Å². The number of rotatable bonds is 13. The van der Waals surface area contributed by atoms with Crippen LogP contribution >= 0.6 is 0 Å². The first-order chi connectivity index (χ1) is 43.0. The van der Waals surface area contributed by atoms with Gasteiger partial charge in [0, 0.05) is 12.5 Å². The van der Waals surface area contributed by atoms with E-state index in [0.29, 0.717) is 184 Å². The zero-order valence-corrected chi connectivity index (χ0v) is 54.5. The normalized spacial score (nSPS) is 62.2. The number of Topliss-reactive ketones (excluding diaryl/α,β-unsaturated/α-hetero) is 1. The van der Waals surface area contributed by atoms with Gasteiger partial charge in [0.1, 0.15) is 22.4 Å². The van der Waals surface area contributed by atoms with Crippen LogP contribution in [0.15, 0.2) is 0 Å². The number of ether oxygens (including phenoxy) is 7. The van der Waals surface area contributed by atoms with Gasteiger partial charge in [-0.1, -0.05) is 0 Å². The second-order valence-electron chi connectivity index (χ2n) is 38.4. The topological polar surface area (TPSA) is 315 Å². The summed E-state index contributed by atoms with van der Waals surface area (Å²) in [5, 5.41) is 28.7. The van der Waals surface area contributed by atoms with Crippen LogP contribution in [-0.4, -0.2) is 130 Å². The van der Waals surface area contributed by atoms with E-state index in [9.17, 15) is 58.5 Å². The molecule has 92 heavy (non-hydrogen) atoms. The minimum atomic E-state index is -0.617. The van der Waals surface area contributed by atoms with Crippen molar-refractivity contribution in [2.45, 2.75) is 118 Å². The smallest absolute Gasteiger partial charge is 0.323 e. The van der Waals surface area contributed by atoms with Crippen molar-refractivity contribution in [2.75, 3.05) is 21.3 Å². The van der Waals surface area contributed by atoms with Crippen LogP contribution in [0, 0.1) is 232 Å². The zero-order chi connectivity index (χ0) is 65.2.